The Balaban J connectivity index is 1.84. The molecule has 0 saturated carbocycles. The minimum Gasteiger partial charge on any atom is -0.291 e. The van der Waals surface area contributed by atoms with Crippen molar-refractivity contribution < 1.29 is 0 Å². The molecule has 0 amide bonds. The molecule has 92 valence electrons. The summed E-state index contributed by atoms with van der Waals surface area (Å²) in [5, 5.41) is 0. The molecule has 0 aromatic carbocycles. The van der Waals surface area contributed by atoms with Crippen LogP contribution in [0.3, 0.4) is 0 Å². The summed E-state index contributed by atoms with van der Waals surface area (Å²) in [6, 6.07) is 0. The van der Waals surface area contributed by atoms with Gasteiger partial charge < -0.3 is 0 Å². The summed E-state index contributed by atoms with van der Waals surface area (Å²) < 4.78 is 0. The molecule has 0 N–H and O–H groups in total. The molecule has 3 atom stereocenters. The number of fused-ring (bicyclic) bond motifs is 3. The van der Waals surface area contributed by atoms with E-state index in [1.54, 1.807) is 0 Å². The van der Waals surface area contributed by atoms with Crippen LogP contribution in [0, 0.1) is 11.8 Å². The standard InChI is InChI=1S/C14H26N2/c1-11(2)9-14-6-4-7-16(14)13-12(10-14)5-8-15(13)3/h11-13H,4-10H2,1-3H3. The summed E-state index contributed by atoms with van der Waals surface area (Å²) in [5.74, 6) is 1.83. The predicted octanol–water partition coefficient (Wildman–Crippen LogP) is 2.55. The lowest BCUT2D eigenvalue weighted by Gasteiger charge is -2.38. The Hall–Kier alpha value is -0.0800. The van der Waals surface area contributed by atoms with Crippen LogP contribution in [0.4, 0.5) is 0 Å². The largest absolute Gasteiger partial charge is 0.291 e. The van der Waals surface area contributed by atoms with Gasteiger partial charge in [0.15, 0.2) is 0 Å². The van der Waals surface area contributed by atoms with Crippen LogP contribution in [-0.4, -0.2) is 41.6 Å². The van der Waals surface area contributed by atoms with Crippen molar-refractivity contribution in [2.24, 2.45) is 11.8 Å². The fraction of sp³-hybridized carbons (Fsp3) is 1.00. The monoisotopic (exact) mass is 222 g/mol. The van der Waals surface area contributed by atoms with Crippen LogP contribution in [-0.2, 0) is 0 Å². The summed E-state index contributed by atoms with van der Waals surface area (Å²) in [4.78, 5) is 5.49. The van der Waals surface area contributed by atoms with Crippen molar-refractivity contribution in [3.63, 3.8) is 0 Å². The van der Waals surface area contributed by atoms with Gasteiger partial charge in [0.25, 0.3) is 0 Å². The SMILES string of the molecule is CC(C)CC12CCCN1C1C(CCN1C)C2. The Morgan fingerprint density at radius 1 is 1.31 bits per heavy atom. The maximum absolute atomic E-state index is 2.88. The molecule has 0 aliphatic carbocycles. The van der Waals surface area contributed by atoms with Gasteiger partial charge in [0.05, 0.1) is 6.17 Å². The highest BCUT2D eigenvalue weighted by atomic mass is 15.4. The Morgan fingerprint density at radius 2 is 2.12 bits per heavy atom. The van der Waals surface area contributed by atoms with Crippen LogP contribution >= 0.6 is 0 Å². The van der Waals surface area contributed by atoms with E-state index in [-0.39, 0.29) is 0 Å². The molecular weight excluding hydrogens is 196 g/mol. The second kappa shape index (κ2) is 3.71. The zero-order chi connectivity index (χ0) is 11.3. The van der Waals surface area contributed by atoms with E-state index in [1.807, 2.05) is 0 Å². The third-order valence-corrected chi connectivity index (χ3v) is 5.13. The number of nitrogens with zero attached hydrogens (tertiary/aromatic N) is 2. The number of hydrogen-bond donors (Lipinski definition) is 0. The van der Waals surface area contributed by atoms with E-state index >= 15 is 0 Å². The van der Waals surface area contributed by atoms with Gasteiger partial charge in [-0.1, -0.05) is 13.8 Å². The summed E-state index contributed by atoms with van der Waals surface area (Å²) in [5.41, 5.74) is 0.595. The van der Waals surface area contributed by atoms with Crippen LogP contribution in [0.25, 0.3) is 0 Å². The zero-order valence-electron chi connectivity index (χ0n) is 11.1. The van der Waals surface area contributed by atoms with Crippen LogP contribution in [0.5, 0.6) is 0 Å². The number of rotatable bonds is 2. The van der Waals surface area contributed by atoms with Crippen molar-refractivity contribution in [1.29, 1.82) is 0 Å². The van der Waals surface area contributed by atoms with E-state index in [9.17, 15) is 0 Å². The molecule has 3 saturated heterocycles. The lowest BCUT2D eigenvalue weighted by atomic mass is 9.82. The first kappa shape index (κ1) is 11.0. The Morgan fingerprint density at radius 3 is 2.88 bits per heavy atom. The molecule has 0 aromatic rings. The Bertz CT molecular complexity index is 276. The molecule has 3 fully saturated rings. The van der Waals surface area contributed by atoms with Crippen molar-refractivity contribution in [2.75, 3.05) is 20.1 Å². The van der Waals surface area contributed by atoms with Crippen LogP contribution in [0.2, 0.25) is 0 Å². The van der Waals surface area contributed by atoms with Crippen molar-refractivity contribution in [1.82, 2.24) is 9.80 Å². The minimum absolute atomic E-state index is 0.595. The first-order valence-electron chi connectivity index (χ1n) is 7.09. The minimum atomic E-state index is 0.595. The molecule has 3 aliphatic heterocycles. The summed E-state index contributed by atoms with van der Waals surface area (Å²) in [6.45, 7) is 7.47. The van der Waals surface area contributed by atoms with Crippen LogP contribution in [0.15, 0.2) is 0 Å². The van der Waals surface area contributed by atoms with Gasteiger partial charge in [0.1, 0.15) is 0 Å². The quantitative estimate of drug-likeness (QED) is 0.708. The average Bonchev–Trinajstić information content (AvgIpc) is 2.76. The highest BCUT2D eigenvalue weighted by Crippen LogP contribution is 2.52. The molecule has 3 rings (SSSR count). The van der Waals surface area contributed by atoms with Gasteiger partial charge in [-0.3, -0.25) is 9.80 Å². The zero-order valence-corrected chi connectivity index (χ0v) is 11.1. The van der Waals surface area contributed by atoms with E-state index in [2.05, 4.69) is 30.7 Å². The summed E-state index contributed by atoms with van der Waals surface area (Å²) in [7, 11) is 2.33. The molecule has 3 aliphatic rings. The number of likely N-dealkylation sites (tertiary alicyclic amines) is 1. The van der Waals surface area contributed by atoms with Crippen molar-refractivity contribution >= 4 is 0 Å². The normalized spacial score (nSPS) is 44.2. The average molecular weight is 222 g/mol. The van der Waals surface area contributed by atoms with Gasteiger partial charge in [-0.2, -0.15) is 0 Å². The van der Waals surface area contributed by atoms with Crippen LogP contribution < -0.4 is 0 Å². The van der Waals surface area contributed by atoms with E-state index in [0.29, 0.717) is 5.54 Å². The maximum atomic E-state index is 2.88. The van der Waals surface area contributed by atoms with E-state index in [0.717, 1.165) is 18.0 Å². The lowest BCUT2D eigenvalue weighted by molar-refractivity contribution is 0.0569. The molecule has 2 nitrogen and oxygen atoms in total. The molecule has 3 heterocycles. The van der Waals surface area contributed by atoms with Gasteiger partial charge in [-0.15, -0.1) is 0 Å². The number of hydrogen-bond acceptors (Lipinski definition) is 2. The van der Waals surface area contributed by atoms with Crippen molar-refractivity contribution in [3.8, 4) is 0 Å². The fourth-order valence-electron chi connectivity index (χ4n) is 4.85. The predicted molar refractivity (Wildman–Crippen MR) is 67.3 cm³/mol. The van der Waals surface area contributed by atoms with Gasteiger partial charge in [0.2, 0.25) is 0 Å². The first-order valence-corrected chi connectivity index (χ1v) is 7.09. The molecule has 16 heavy (non-hydrogen) atoms. The Labute approximate surface area is 100.0 Å². The maximum Gasteiger partial charge on any atom is 0.0654 e. The van der Waals surface area contributed by atoms with Gasteiger partial charge in [-0.05, 0) is 57.5 Å². The summed E-state index contributed by atoms with van der Waals surface area (Å²) in [6.07, 6.45) is 8.04. The lowest BCUT2D eigenvalue weighted by Crippen LogP contribution is -2.48. The molecule has 0 spiro atoms. The molecule has 0 aromatic heterocycles. The summed E-state index contributed by atoms with van der Waals surface area (Å²) >= 11 is 0. The van der Waals surface area contributed by atoms with Crippen LogP contribution in [0.1, 0.15) is 46.0 Å². The second-order valence-electron chi connectivity index (χ2n) is 6.77. The molecular formula is C14H26N2. The third kappa shape index (κ3) is 1.46. The van der Waals surface area contributed by atoms with Crippen molar-refractivity contribution in [2.45, 2.75) is 57.7 Å². The fourth-order valence-corrected chi connectivity index (χ4v) is 4.85. The second-order valence-corrected chi connectivity index (χ2v) is 6.77. The smallest absolute Gasteiger partial charge is 0.0654 e. The molecule has 3 unspecified atom stereocenters. The van der Waals surface area contributed by atoms with E-state index < -0.39 is 0 Å². The van der Waals surface area contributed by atoms with Crippen molar-refractivity contribution in [3.05, 3.63) is 0 Å². The van der Waals surface area contributed by atoms with Gasteiger partial charge in [-0.25, -0.2) is 0 Å². The molecule has 0 bridgehead atoms. The first-order chi connectivity index (χ1) is 7.62. The topological polar surface area (TPSA) is 6.48 Å². The Kier molecular flexibility index (Phi) is 2.56. The third-order valence-electron chi connectivity index (χ3n) is 5.13. The van der Waals surface area contributed by atoms with Gasteiger partial charge >= 0.3 is 0 Å². The molecule has 2 heteroatoms. The molecule has 0 radical (unpaired) electrons. The van der Waals surface area contributed by atoms with Gasteiger partial charge in [0, 0.05) is 12.1 Å². The van der Waals surface area contributed by atoms with E-state index in [1.165, 1.54) is 45.2 Å². The highest BCUT2D eigenvalue weighted by molar-refractivity contribution is 5.09. The highest BCUT2D eigenvalue weighted by Gasteiger charge is 2.56. The van der Waals surface area contributed by atoms with E-state index in [4.69, 9.17) is 0 Å².